The van der Waals surface area contributed by atoms with Crippen LogP contribution in [0.5, 0.6) is 5.75 Å². The van der Waals surface area contributed by atoms with Gasteiger partial charge in [0.1, 0.15) is 5.75 Å². The number of likely N-dealkylation sites (tertiary alicyclic amines) is 1. The Morgan fingerprint density at radius 1 is 1.40 bits per heavy atom. The smallest absolute Gasteiger partial charge is 0.254 e. The minimum absolute atomic E-state index is 0.120. The number of carbonyl (C=O) groups is 1. The van der Waals surface area contributed by atoms with Gasteiger partial charge in [-0.3, -0.25) is 4.79 Å². The first-order chi connectivity index (χ1) is 9.52. The van der Waals surface area contributed by atoms with Gasteiger partial charge in [0.25, 0.3) is 5.91 Å². The van der Waals surface area contributed by atoms with E-state index in [4.69, 9.17) is 4.74 Å². The highest BCUT2D eigenvalue weighted by Crippen LogP contribution is 2.27. The average Bonchev–Trinajstić information content (AvgIpc) is 2.79. The maximum Gasteiger partial charge on any atom is 0.254 e. The van der Waals surface area contributed by atoms with Crippen LogP contribution in [-0.2, 0) is 0 Å². The fraction of sp³-hybridized carbons (Fsp3) is 0.562. The summed E-state index contributed by atoms with van der Waals surface area (Å²) in [6, 6.07) is 7.75. The molecule has 0 aliphatic carbocycles. The van der Waals surface area contributed by atoms with Gasteiger partial charge in [0, 0.05) is 23.5 Å². The summed E-state index contributed by atoms with van der Waals surface area (Å²) in [5, 5.41) is 0.842. The number of hydrogen-bond acceptors (Lipinski definition) is 2. The van der Waals surface area contributed by atoms with Crippen LogP contribution in [0.4, 0.5) is 0 Å². The van der Waals surface area contributed by atoms with Crippen molar-refractivity contribution in [3.63, 3.8) is 0 Å². The molecule has 110 valence electrons. The maximum atomic E-state index is 12.6. The molecular formula is C16H22BrNO2. The number of hydrogen-bond donors (Lipinski definition) is 0. The second-order valence-corrected chi connectivity index (χ2v) is 6.32. The maximum absolute atomic E-state index is 12.6. The minimum atomic E-state index is 0.120. The molecule has 2 atom stereocenters. The molecule has 0 spiro atoms. The number of carbonyl (C=O) groups excluding carboxylic acids is 1. The Bertz CT molecular complexity index is 458. The van der Waals surface area contributed by atoms with Gasteiger partial charge in [-0.15, -0.1) is 0 Å². The third-order valence-corrected chi connectivity index (χ3v) is 4.44. The molecule has 1 heterocycles. The predicted molar refractivity (Wildman–Crippen MR) is 84.6 cm³/mol. The van der Waals surface area contributed by atoms with Gasteiger partial charge in [0.15, 0.2) is 0 Å². The number of amides is 1. The van der Waals surface area contributed by atoms with E-state index in [9.17, 15) is 4.79 Å². The Hall–Kier alpha value is -1.03. The molecule has 1 aliphatic rings. The summed E-state index contributed by atoms with van der Waals surface area (Å²) in [5.74, 6) is 1.49. The van der Waals surface area contributed by atoms with Crippen molar-refractivity contribution in [1.82, 2.24) is 4.90 Å². The minimum Gasteiger partial charge on any atom is -0.491 e. The average molecular weight is 340 g/mol. The van der Waals surface area contributed by atoms with Crippen LogP contribution in [0.15, 0.2) is 24.3 Å². The van der Waals surface area contributed by atoms with E-state index in [1.54, 1.807) is 0 Å². The Morgan fingerprint density at radius 3 is 2.60 bits per heavy atom. The number of nitrogens with zero attached hydrogens (tertiary/aromatic N) is 1. The molecule has 1 aromatic rings. The molecule has 2 unspecified atom stereocenters. The fourth-order valence-corrected chi connectivity index (χ4v) is 3.60. The number of benzene rings is 1. The van der Waals surface area contributed by atoms with Crippen LogP contribution in [-0.4, -0.2) is 34.8 Å². The molecule has 0 saturated carbocycles. The standard InChI is InChI=1S/C16H22BrNO2/c1-11(2)20-14-6-4-13(5-7-14)16(19)18-9-8-12(3)15(18)10-17/h4-7,11-12,15H,8-10H2,1-3H3. The first-order valence-electron chi connectivity index (χ1n) is 7.16. The van der Waals surface area contributed by atoms with Gasteiger partial charge < -0.3 is 9.64 Å². The molecule has 3 nitrogen and oxygen atoms in total. The highest BCUT2D eigenvalue weighted by molar-refractivity contribution is 9.09. The summed E-state index contributed by atoms with van der Waals surface area (Å²) >= 11 is 3.52. The van der Waals surface area contributed by atoms with Crippen LogP contribution in [0, 0.1) is 5.92 Å². The number of alkyl halides is 1. The molecule has 1 aromatic carbocycles. The van der Waals surface area contributed by atoms with E-state index in [1.165, 1.54) is 0 Å². The highest BCUT2D eigenvalue weighted by Gasteiger charge is 2.33. The van der Waals surface area contributed by atoms with Crippen LogP contribution in [0.25, 0.3) is 0 Å². The normalized spacial score (nSPS) is 22.4. The van der Waals surface area contributed by atoms with Gasteiger partial charge >= 0.3 is 0 Å². The number of halogens is 1. The van der Waals surface area contributed by atoms with Crippen molar-refractivity contribution in [1.29, 1.82) is 0 Å². The quantitative estimate of drug-likeness (QED) is 0.782. The van der Waals surface area contributed by atoms with Crippen molar-refractivity contribution in [2.24, 2.45) is 5.92 Å². The monoisotopic (exact) mass is 339 g/mol. The van der Waals surface area contributed by atoms with Crippen LogP contribution in [0.2, 0.25) is 0 Å². The van der Waals surface area contributed by atoms with Crippen molar-refractivity contribution >= 4 is 21.8 Å². The SMILES string of the molecule is CC(C)Oc1ccc(C(=O)N2CCC(C)C2CBr)cc1. The fourth-order valence-electron chi connectivity index (χ4n) is 2.61. The van der Waals surface area contributed by atoms with E-state index in [-0.39, 0.29) is 12.0 Å². The molecule has 0 bridgehead atoms. The molecule has 1 fully saturated rings. The molecule has 0 N–H and O–H groups in total. The van der Waals surface area contributed by atoms with Crippen LogP contribution in [0.1, 0.15) is 37.6 Å². The van der Waals surface area contributed by atoms with Crippen molar-refractivity contribution in [3.05, 3.63) is 29.8 Å². The molecule has 0 aromatic heterocycles. The van der Waals surface area contributed by atoms with Crippen molar-refractivity contribution in [2.45, 2.75) is 39.3 Å². The molecule has 20 heavy (non-hydrogen) atoms. The topological polar surface area (TPSA) is 29.5 Å². The van der Waals surface area contributed by atoms with Gasteiger partial charge in [-0.05, 0) is 50.5 Å². The van der Waals surface area contributed by atoms with Crippen LogP contribution < -0.4 is 4.74 Å². The first kappa shape index (κ1) is 15.4. The van der Waals surface area contributed by atoms with Gasteiger partial charge in [-0.25, -0.2) is 0 Å². The Labute approximate surface area is 129 Å². The predicted octanol–water partition coefficient (Wildman–Crippen LogP) is 3.72. The van der Waals surface area contributed by atoms with Crippen LogP contribution >= 0.6 is 15.9 Å². The first-order valence-corrected chi connectivity index (χ1v) is 8.28. The largest absolute Gasteiger partial charge is 0.491 e. The van der Waals surface area contributed by atoms with Gasteiger partial charge in [-0.1, -0.05) is 22.9 Å². The lowest BCUT2D eigenvalue weighted by atomic mass is 10.0. The lowest BCUT2D eigenvalue weighted by Gasteiger charge is -2.25. The summed E-state index contributed by atoms with van der Waals surface area (Å²) < 4.78 is 5.60. The van der Waals surface area contributed by atoms with Crippen molar-refractivity contribution in [2.75, 3.05) is 11.9 Å². The Balaban J connectivity index is 2.09. The summed E-state index contributed by atoms with van der Waals surface area (Å²) in [7, 11) is 0. The molecule has 0 radical (unpaired) electrons. The number of rotatable bonds is 4. The second kappa shape index (κ2) is 6.61. The molecule has 1 amide bonds. The summed E-state index contributed by atoms with van der Waals surface area (Å²) in [5.41, 5.74) is 0.737. The van der Waals surface area contributed by atoms with Crippen molar-refractivity contribution in [3.8, 4) is 5.75 Å². The zero-order chi connectivity index (χ0) is 14.7. The zero-order valence-corrected chi connectivity index (χ0v) is 13.9. The summed E-state index contributed by atoms with van der Waals surface area (Å²) in [6.45, 7) is 7.04. The molecule has 4 heteroatoms. The van der Waals surface area contributed by atoms with E-state index in [0.29, 0.717) is 12.0 Å². The lowest BCUT2D eigenvalue weighted by molar-refractivity contribution is 0.0738. The third-order valence-electron chi connectivity index (χ3n) is 3.77. The molecular weight excluding hydrogens is 318 g/mol. The highest BCUT2D eigenvalue weighted by atomic mass is 79.9. The second-order valence-electron chi connectivity index (χ2n) is 5.68. The van der Waals surface area contributed by atoms with E-state index in [2.05, 4.69) is 22.9 Å². The summed E-state index contributed by atoms with van der Waals surface area (Å²) in [6.07, 6.45) is 1.23. The van der Waals surface area contributed by atoms with E-state index in [1.807, 2.05) is 43.0 Å². The molecule has 2 rings (SSSR count). The third kappa shape index (κ3) is 3.35. The van der Waals surface area contributed by atoms with Gasteiger partial charge in [0.05, 0.1) is 6.10 Å². The van der Waals surface area contributed by atoms with E-state index in [0.717, 1.165) is 29.6 Å². The molecule has 1 aliphatic heterocycles. The van der Waals surface area contributed by atoms with E-state index < -0.39 is 0 Å². The van der Waals surface area contributed by atoms with Crippen molar-refractivity contribution < 1.29 is 9.53 Å². The van der Waals surface area contributed by atoms with Gasteiger partial charge in [0.2, 0.25) is 0 Å². The lowest BCUT2D eigenvalue weighted by Crippen LogP contribution is -2.38. The van der Waals surface area contributed by atoms with Crippen LogP contribution in [0.3, 0.4) is 0 Å². The Kier molecular flexibility index (Phi) is 5.08. The Morgan fingerprint density at radius 2 is 2.05 bits per heavy atom. The van der Waals surface area contributed by atoms with E-state index >= 15 is 0 Å². The number of ether oxygens (including phenoxy) is 1. The van der Waals surface area contributed by atoms with Gasteiger partial charge in [-0.2, -0.15) is 0 Å². The molecule has 1 saturated heterocycles. The zero-order valence-electron chi connectivity index (χ0n) is 12.3. The summed E-state index contributed by atoms with van der Waals surface area (Å²) in [4.78, 5) is 14.5.